The van der Waals surface area contributed by atoms with Crippen molar-refractivity contribution in [3.63, 3.8) is 0 Å². The zero-order chi connectivity index (χ0) is 65.8. The molecular weight excluding hydrogens is 1970 g/mol. The molecule has 28 heteroatoms. The molecule has 0 saturated heterocycles. The van der Waals surface area contributed by atoms with Crippen LogP contribution in [0.15, 0.2) is 231 Å². The van der Waals surface area contributed by atoms with Gasteiger partial charge in [-0.25, -0.2) is 14.6 Å². The van der Waals surface area contributed by atoms with E-state index in [-0.39, 0.29) is 109 Å². The van der Waals surface area contributed by atoms with Gasteiger partial charge in [0.1, 0.15) is 18.6 Å². The fourth-order valence-electron chi connectivity index (χ4n) is 7.10. The number of pyridine rings is 7. The normalized spacial score (nSPS) is 9.94. The third-order valence-corrected chi connectivity index (χ3v) is 11.2. The molecule has 0 aliphatic rings. The summed E-state index contributed by atoms with van der Waals surface area (Å²) in [6.45, 7) is 1.62. The maximum absolute atomic E-state index is 13.2. The Morgan fingerprint density at radius 1 is 0.484 bits per heavy atom. The van der Waals surface area contributed by atoms with E-state index in [9.17, 15) is 53.5 Å². The third-order valence-electron chi connectivity index (χ3n) is 11.2. The average molecular weight is 2010 g/mol. The van der Waals surface area contributed by atoms with Gasteiger partial charge in [-0.2, -0.15) is 30.9 Å². The summed E-state index contributed by atoms with van der Waals surface area (Å²) in [5.41, 5.74) is 4.54. The van der Waals surface area contributed by atoms with Crippen molar-refractivity contribution in [3.8, 4) is 56.5 Å². The Morgan fingerprint density at radius 3 is 1.28 bits per heavy atom. The Hall–Kier alpha value is -9.09. The number of aromatic nitrogens is 10. The number of carboxylic acids is 2. The summed E-state index contributed by atoms with van der Waals surface area (Å²) >= 11 is 0. The van der Waals surface area contributed by atoms with E-state index in [1.165, 1.54) is 24.5 Å². The van der Waals surface area contributed by atoms with Gasteiger partial charge in [0.15, 0.2) is 6.20 Å². The van der Waals surface area contributed by atoms with Crippen LogP contribution in [0.1, 0.15) is 37.9 Å². The van der Waals surface area contributed by atoms with Crippen LogP contribution in [-0.4, -0.2) is 62.1 Å². The van der Waals surface area contributed by atoms with Crippen LogP contribution in [0.4, 0.5) is 43.9 Å². The summed E-state index contributed by atoms with van der Waals surface area (Å²) < 4.78 is 127. The number of nitrogens with zero attached hydrogens (tertiary/aromatic N) is 10. The maximum atomic E-state index is 13.2. The minimum Gasteiger partial charge on any atom is -0.477 e. The quantitative estimate of drug-likeness (QED) is 0.0870. The van der Waals surface area contributed by atoms with Crippen molar-refractivity contribution < 1.29 is 149 Å². The van der Waals surface area contributed by atoms with Gasteiger partial charge in [0.25, 0.3) is 5.69 Å². The topological polar surface area (TPSA) is 196 Å². The average Bonchev–Trinajstić information content (AvgIpc) is 1.89. The number of aromatic carboxylic acids is 2. The van der Waals surface area contributed by atoms with Crippen molar-refractivity contribution in [3.05, 3.63) is 307 Å². The van der Waals surface area contributed by atoms with Crippen molar-refractivity contribution in [2.75, 3.05) is 0 Å². The molecule has 0 bridgehead atoms. The fraction of sp³-hybridized carbons (Fsp3) is 0.0597. The number of hydrogen-bond donors (Lipinski definition) is 2. The van der Waals surface area contributed by atoms with Crippen LogP contribution < -0.4 is 9.67 Å². The van der Waals surface area contributed by atoms with Crippen molar-refractivity contribution >= 4 is 11.9 Å². The largest absolute Gasteiger partial charge is 0.477 e. The van der Waals surface area contributed by atoms with Gasteiger partial charge in [0.05, 0.1) is 5.69 Å². The first-order valence-electron chi connectivity index (χ1n) is 26.2. The Morgan fingerprint density at radius 2 is 0.926 bits per heavy atom. The predicted octanol–water partition coefficient (Wildman–Crippen LogP) is 14.6. The van der Waals surface area contributed by atoms with E-state index in [0.29, 0.717) is 33.9 Å². The van der Waals surface area contributed by atoms with Crippen LogP contribution >= 0.6 is 0 Å². The van der Waals surface area contributed by atoms with Gasteiger partial charge in [-0.05, 0) is 88.8 Å². The number of halogens is 10. The van der Waals surface area contributed by atoms with Crippen LogP contribution in [0.5, 0.6) is 0 Å². The van der Waals surface area contributed by atoms with E-state index in [4.69, 9.17) is 10.2 Å². The number of alkyl halides is 6. The molecule has 0 atom stereocenters. The van der Waals surface area contributed by atoms with Crippen LogP contribution in [-0.2, 0) is 99.8 Å². The van der Waals surface area contributed by atoms with E-state index in [0.717, 1.165) is 41.6 Å². The number of benzene rings is 4. The molecule has 12 rings (SSSR count). The molecule has 4 aromatic carbocycles. The second-order valence-corrected chi connectivity index (χ2v) is 17.9. The number of carbonyl (C=O) groups is 2. The molecule has 0 aliphatic heterocycles. The van der Waals surface area contributed by atoms with Gasteiger partial charge < -0.3 is 40.2 Å². The van der Waals surface area contributed by atoms with Crippen molar-refractivity contribution in [1.29, 1.82) is 0 Å². The van der Waals surface area contributed by atoms with Crippen molar-refractivity contribution in [1.82, 2.24) is 45.1 Å². The van der Waals surface area contributed by atoms with Crippen molar-refractivity contribution in [2.45, 2.75) is 19.3 Å². The molecule has 0 amide bonds. The standard InChI is InChI=1S/C13H9F3N.2C11H6F2N.C11H8N.C8H4F3N4.C7H7NO2.C6H5NO2.4Ir/c1-9-6-10(12-4-2-3-5-17-12)8-11(7-9)13(14,15)16;2*12-8-4-5-9(10(13)7-8)11-3-1-2-6-14-11;1-2-6-10(7-3-1)11-8-4-5-9-12-11;9-8(10,11)7-13-6(14-15-7)5-3-1-2-4-12-5;1-8-5-3-2-4-6(8)7(9)10;8-6(9)5-3-1-2-4-7-5;;;;/h2-7H,1H3;2*1-4,6-7H;1-6,8-9H;1-4H;2-5H,1H3;1-4H,(H,8,9);;;;/q5*-1;;;;;;/p+1. The summed E-state index contributed by atoms with van der Waals surface area (Å²) in [6.07, 6.45) is 2.06. The number of aryl methyl sites for hydroxylation is 2. The number of hydrogen-bond acceptors (Lipinski definition) is 10. The number of rotatable bonds is 7. The zero-order valence-electron chi connectivity index (χ0n) is 48.7. The Kier molecular flexibility index (Phi) is 35.9. The molecule has 4 radical (unpaired) electrons. The van der Waals surface area contributed by atoms with E-state index in [1.807, 2.05) is 42.5 Å². The molecule has 0 unspecified atom stereocenters. The van der Waals surface area contributed by atoms with Crippen LogP contribution in [0.25, 0.3) is 56.5 Å². The van der Waals surface area contributed by atoms with Gasteiger partial charge in [-0.1, -0.05) is 90.8 Å². The predicted molar refractivity (Wildman–Crippen MR) is 313 cm³/mol. The molecular formula is C67H46F10Ir4N10O4-4. The summed E-state index contributed by atoms with van der Waals surface area (Å²) in [5.74, 6) is -5.83. The Balaban J connectivity index is 0.000000378. The third kappa shape index (κ3) is 27.8. The molecule has 95 heavy (non-hydrogen) atoms. The maximum Gasteiger partial charge on any atom is 0.429 e. The van der Waals surface area contributed by atoms with Gasteiger partial charge >= 0.3 is 24.3 Å². The first-order valence-corrected chi connectivity index (χ1v) is 26.2. The molecule has 8 aromatic heterocycles. The Bertz CT molecular complexity index is 4070. The van der Waals surface area contributed by atoms with Crippen LogP contribution in [0.2, 0.25) is 0 Å². The van der Waals surface area contributed by atoms with E-state index >= 15 is 0 Å². The van der Waals surface area contributed by atoms with E-state index in [2.05, 4.69) is 69.4 Å². The molecule has 2 N–H and O–H groups in total. The van der Waals surface area contributed by atoms with Crippen LogP contribution in [0.3, 0.4) is 0 Å². The molecule has 0 spiro atoms. The molecule has 8 heterocycles. The summed E-state index contributed by atoms with van der Waals surface area (Å²) in [5, 5.41) is 23.1. The van der Waals surface area contributed by atoms with E-state index < -0.39 is 58.9 Å². The first-order chi connectivity index (χ1) is 43.6. The summed E-state index contributed by atoms with van der Waals surface area (Å²) in [7, 11) is 1.70. The van der Waals surface area contributed by atoms with Gasteiger partial charge in [0, 0.05) is 153 Å². The monoisotopic (exact) mass is 2020 g/mol. The minimum absolute atomic E-state index is 0. The molecule has 0 saturated carbocycles. The van der Waals surface area contributed by atoms with Gasteiger partial charge in [0.2, 0.25) is 0 Å². The first kappa shape index (κ1) is 82.0. The summed E-state index contributed by atoms with van der Waals surface area (Å²) in [6, 6.07) is 60.6. The minimum atomic E-state index is -4.57. The second-order valence-electron chi connectivity index (χ2n) is 17.9. The van der Waals surface area contributed by atoms with Gasteiger partial charge in [-0.3, -0.25) is 27.6 Å². The second kappa shape index (κ2) is 41.6. The SMILES string of the molecule is C[n+]1ccccc1C(=O)O.Cc1cc(-c2ccccn2)[c-]c(C(F)(F)F)c1.FC(F)(F)c1n[n-]c(-c2ccccn2)n1.Fc1c[c-]c(-c2ccccn2)c(F)c1.Fc1c[c-]c(-c2ccccn2)c(F)c1.O=C(O)c1ccccn1.[Ir].[Ir].[Ir].[Ir].[c-]1ccccc1-c1ccccn1. The van der Waals surface area contributed by atoms with Gasteiger partial charge in [-0.15, -0.1) is 89.5 Å². The van der Waals surface area contributed by atoms with Crippen LogP contribution in [0, 0.1) is 54.5 Å². The smallest absolute Gasteiger partial charge is 0.429 e. The molecule has 12 aromatic rings. The molecule has 14 nitrogen and oxygen atoms in total. The Labute approximate surface area is 591 Å². The molecule has 0 aliphatic carbocycles. The fourth-order valence-corrected chi connectivity index (χ4v) is 7.10. The summed E-state index contributed by atoms with van der Waals surface area (Å²) in [4.78, 5) is 47.3. The van der Waals surface area contributed by atoms with Crippen molar-refractivity contribution in [2.24, 2.45) is 7.05 Å². The molecule has 498 valence electrons. The molecule has 0 fully saturated rings. The zero-order valence-corrected chi connectivity index (χ0v) is 58.3. The number of carboxylic acid groups (broad SMARTS) is 2. The van der Waals surface area contributed by atoms with E-state index in [1.54, 1.807) is 153 Å².